The number of nitrogens with zero attached hydrogens (tertiary/aromatic N) is 2. The molecule has 0 saturated carbocycles. The van der Waals surface area contributed by atoms with Crippen molar-refractivity contribution >= 4 is 10.0 Å². The second-order valence-electron chi connectivity index (χ2n) is 4.69. The van der Waals surface area contributed by atoms with Gasteiger partial charge in [0.2, 0.25) is 10.0 Å². The SMILES string of the molecule is Cc1cc(S(=O)(=O)NC(C)c2ccccn2)ccc1C#N. The number of pyridine rings is 1. The third kappa shape index (κ3) is 3.45. The van der Waals surface area contributed by atoms with E-state index in [1.54, 1.807) is 38.2 Å². The molecule has 21 heavy (non-hydrogen) atoms. The van der Waals surface area contributed by atoms with E-state index in [2.05, 4.69) is 9.71 Å². The quantitative estimate of drug-likeness (QED) is 0.939. The minimum Gasteiger partial charge on any atom is -0.260 e. The molecular weight excluding hydrogens is 286 g/mol. The third-order valence-corrected chi connectivity index (χ3v) is 4.63. The molecule has 2 aromatic rings. The molecule has 0 radical (unpaired) electrons. The summed E-state index contributed by atoms with van der Waals surface area (Å²) in [6.45, 7) is 3.44. The molecule has 0 fully saturated rings. The summed E-state index contributed by atoms with van der Waals surface area (Å²) in [7, 11) is -3.65. The minimum absolute atomic E-state index is 0.141. The van der Waals surface area contributed by atoms with Gasteiger partial charge in [-0.1, -0.05) is 6.07 Å². The molecule has 1 atom stereocenters. The van der Waals surface area contributed by atoms with Crippen LogP contribution in [0.15, 0.2) is 47.5 Å². The van der Waals surface area contributed by atoms with E-state index < -0.39 is 16.1 Å². The maximum Gasteiger partial charge on any atom is 0.241 e. The summed E-state index contributed by atoms with van der Waals surface area (Å²) in [5.74, 6) is 0. The Morgan fingerprint density at radius 1 is 1.29 bits per heavy atom. The lowest BCUT2D eigenvalue weighted by Crippen LogP contribution is -2.27. The lowest BCUT2D eigenvalue weighted by molar-refractivity contribution is 0.564. The van der Waals surface area contributed by atoms with Crippen LogP contribution in [0.5, 0.6) is 0 Å². The summed E-state index contributed by atoms with van der Waals surface area (Å²) in [4.78, 5) is 4.27. The summed E-state index contributed by atoms with van der Waals surface area (Å²) in [5.41, 5.74) is 1.74. The minimum atomic E-state index is -3.65. The van der Waals surface area contributed by atoms with Crippen molar-refractivity contribution in [3.63, 3.8) is 0 Å². The van der Waals surface area contributed by atoms with E-state index in [4.69, 9.17) is 5.26 Å². The van der Waals surface area contributed by atoms with Crippen molar-refractivity contribution in [3.8, 4) is 6.07 Å². The van der Waals surface area contributed by atoms with E-state index in [0.717, 1.165) is 0 Å². The maximum atomic E-state index is 12.3. The fraction of sp³-hybridized carbons (Fsp3) is 0.200. The van der Waals surface area contributed by atoms with Crippen LogP contribution < -0.4 is 4.72 Å². The van der Waals surface area contributed by atoms with Gasteiger partial charge in [0, 0.05) is 6.20 Å². The molecule has 0 saturated heterocycles. The average Bonchev–Trinajstić information content (AvgIpc) is 2.47. The molecule has 108 valence electrons. The summed E-state index contributed by atoms with van der Waals surface area (Å²) < 4.78 is 27.3. The molecule has 0 spiro atoms. The second-order valence-corrected chi connectivity index (χ2v) is 6.40. The Balaban J connectivity index is 2.27. The molecule has 1 aromatic heterocycles. The molecule has 0 amide bonds. The van der Waals surface area contributed by atoms with Crippen LogP contribution in [0.1, 0.15) is 29.8 Å². The Hall–Kier alpha value is -2.23. The highest BCUT2D eigenvalue weighted by Gasteiger charge is 2.19. The summed E-state index contributed by atoms with van der Waals surface area (Å²) in [5, 5.41) is 8.88. The highest BCUT2D eigenvalue weighted by atomic mass is 32.2. The van der Waals surface area contributed by atoms with Gasteiger partial charge in [0.05, 0.1) is 28.3 Å². The lowest BCUT2D eigenvalue weighted by atomic mass is 10.1. The molecular formula is C15H15N3O2S. The predicted molar refractivity (Wildman–Crippen MR) is 78.9 cm³/mol. The number of hydrogen-bond donors (Lipinski definition) is 1. The summed E-state index contributed by atoms with van der Waals surface area (Å²) in [6.07, 6.45) is 1.62. The molecule has 2 rings (SSSR count). The zero-order valence-corrected chi connectivity index (χ0v) is 12.6. The zero-order chi connectivity index (χ0) is 15.5. The lowest BCUT2D eigenvalue weighted by Gasteiger charge is -2.14. The van der Waals surface area contributed by atoms with Crippen molar-refractivity contribution in [3.05, 3.63) is 59.4 Å². The smallest absolute Gasteiger partial charge is 0.241 e. The van der Waals surface area contributed by atoms with Crippen LogP contribution >= 0.6 is 0 Å². The number of nitrogens with one attached hydrogen (secondary N) is 1. The number of aryl methyl sites for hydroxylation is 1. The molecule has 1 unspecified atom stereocenters. The zero-order valence-electron chi connectivity index (χ0n) is 11.7. The van der Waals surface area contributed by atoms with Gasteiger partial charge in [-0.25, -0.2) is 13.1 Å². The number of aromatic nitrogens is 1. The second kappa shape index (κ2) is 6.04. The summed E-state index contributed by atoms with van der Waals surface area (Å²) >= 11 is 0. The van der Waals surface area contributed by atoms with E-state index in [1.807, 2.05) is 6.07 Å². The fourth-order valence-electron chi connectivity index (χ4n) is 1.92. The van der Waals surface area contributed by atoms with Crippen LogP contribution in [-0.4, -0.2) is 13.4 Å². The van der Waals surface area contributed by atoms with Gasteiger partial charge >= 0.3 is 0 Å². The molecule has 1 aromatic carbocycles. The Morgan fingerprint density at radius 3 is 2.62 bits per heavy atom. The van der Waals surface area contributed by atoms with E-state index in [9.17, 15) is 8.42 Å². The van der Waals surface area contributed by atoms with E-state index in [-0.39, 0.29) is 4.90 Å². The fourth-order valence-corrected chi connectivity index (χ4v) is 3.22. The number of rotatable bonds is 4. The van der Waals surface area contributed by atoms with Gasteiger partial charge in [0.25, 0.3) is 0 Å². The average molecular weight is 301 g/mol. The van der Waals surface area contributed by atoms with Gasteiger partial charge in [-0.05, 0) is 49.7 Å². The molecule has 5 nitrogen and oxygen atoms in total. The van der Waals surface area contributed by atoms with Crippen LogP contribution in [0.25, 0.3) is 0 Å². The van der Waals surface area contributed by atoms with Crippen LogP contribution in [-0.2, 0) is 10.0 Å². The topological polar surface area (TPSA) is 82.8 Å². The monoisotopic (exact) mass is 301 g/mol. The van der Waals surface area contributed by atoms with Crippen LogP contribution in [0, 0.1) is 18.3 Å². The van der Waals surface area contributed by atoms with Crippen LogP contribution in [0.3, 0.4) is 0 Å². The van der Waals surface area contributed by atoms with Crippen molar-refractivity contribution < 1.29 is 8.42 Å². The Bertz CT molecular complexity index is 780. The van der Waals surface area contributed by atoms with E-state index in [1.165, 1.54) is 18.2 Å². The molecule has 1 heterocycles. The normalized spacial score (nSPS) is 12.6. The van der Waals surface area contributed by atoms with E-state index in [0.29, 0.717) is 16.8 Å². The van der Waals surface area contributed by atoms with Gasteiger partial charge in [0.15, 0.2) is 0 Å². The largest absolute Gasteiger partial charge is 0.260 e. The van der Waals surface area contributed by atoms with Gasteiger partial charge in [0.1, 0.15) is 0 Å². The first kappa shape index (κ1) is 15.2. The number of hydrogen-bond acceptors (Lipinski definition) is 4. The van der Waals surface area contributed by atoms with E-state index >= 15 is 0 Å². The van der Waals surface area contributed by atoms with Gasteiger partial charge < -0.3 is 0 Å². The van der Waals surface area contributed by atoms with Gasteiger partial charge in [-0.2, -0.15) is 5.26 Å². The number of sulfonamides is 1. The highest BCUT2D eigenvalue weighted by Crippen LogP contribution is 2.18. The van der Waals surface area contributed by atoms with Gasteiger partial charge in [-0.15, -0.1) is 0 Å². The molecule has 0 aliphatic rings. The van der Waals surface area contributed by atoms with Gasteiger partial charge in [-0.3, -0.25) is 4.98 Å². The maximum absolute atomic E-state index is 12.3. The summed E-state index contributed by atoms with van der Waals surface area (Å²) in [6, 6.07) is 11.3. The standard InChI is InChI=1S/C15H15N3O2S/c1-11-9-14(7-6-13(11)10-16)21(19,20)18-12(2)15-5-3-4-8-17-15/h3-9,12,18H,1-2H3. The molecule has 0 bridgehead atoms. The molecule has 0 aliphatic carbocycles. The first-order valence-corrected chi connectivity index (χ1v) is 7.86. The Labute approximate surface area is 124 Å². The molecule has 6 heteroatoms. The van der Waals surface area contributed by atoms with Crippen molar-refractivity contribution in [2.75, 3.05) is 0 Å². The molecule has 1 N–H and O–H groups in total. The van der Waals surface area contributed by atoms with Crippen molar-refractivity contribution in [1.29, 1.82) is 5.26 Å². The third-order valence-electron chi connectivity index (χ3n) is 3.09. The van der Waals surface area contributed by atoms with Crippen molar-refractivity contribution in [1.82, 2.24) is 9.71 Å². The Morgan fingerprint density at radius 2 is 2.05 bits per heavy atom. The highest BCUT2D eigenvalue weighted by molar-refractivity contribution is 7.89. The first-order valence-electron chi connectivity index (χ1n) is 6.38. The van der Waals surface area contributed by atoms with Crippen molar-refractivity contribution in [2.45, 2.75) is 24.8 Å². The predicted octanol–water partition coefficient (Wildman–Crippen LogP) is 2.30. The number of nitriles is 1. The van der Waals surface area contributed by atoms with Crippen molar-refractivity contribution in [2.24, 2.45) is 0 Å². The van der Waals surface area contributed by atoms with Crippen LogP contribution in [0.4, 0.5) is 0 Å². The Kier molecular flexibility index (Phi) is 4.36. The van der Waals surface area contributed by atoms with Crippen LogP contribution in [0.2, 0.25) is 0 Å². The first-order chi connectivity index (χ1) is 9.94. The molecule has 0 aliphatic heterocycles. The number of benzene rings is 1.